The predicted molar refractivity (Wildman–Crippen MR) is 112 cm³/mol. The summed E-state index contributed by atoms with van der Waals surface area (Å²) in [6.45, 7) is 2.05. The van der Waals surface area contributed by atoms with Crippen LogP contribution in [0, 0.1) is 0 Å². The van der Waals surface area contributed by atoms with E-state index in [2.05, 4.69) is 22.9 Å². The quantitative estimate of drug-likeness (QED) is 0.210. The van der Waals surface area contributed by atoms with Crippen molar-refractivity contribution in [2.24, 2.45) is 0 Å². The van der Waals surface area contributed by atoms with Crippen LogP contribution in [-0.4, -0.2) is 21.0 Å². The first-order valence-corrected chi connectivity index (χ1v) is 9.82. The minimum absolute atomic E-state index is 0.120. The molecule has 3 N–H and O–H groups in total. The van der Waals surface area contributed by atoms with Crippen molar-refractivity contribution in [2.75, 3.05) is 5.32 Å². The number of thiocarbonyl (C=S) groups is 1. The smallest absolute Gasteiger partial charge is 0.228 e. The molecule has 0 aliphatic rings. The monoisotopic (exact) mass is 463 g/mol. The molecule has 1 atom stereocenters. The van der Waals surface area contributed by atoms with Gasteiger partial charge in [-0.1, -0.05) is 77.8 Å². The van der Waals surface area contributed by atoms with Gasteiger partial charge in [0, 0.05) is 11.4 Å². The molecular weight excluding hydrogens is 448 g/mol. The molecule has 0 saturated carbocycles. The fraction of sp³-hybridized carbons (Fsp3) is 0.467. The van der Waals surface area contributed by atoms with Gasteiger partial charge in [0.15, 0.2) is 5.11 Å². The van der Waals surface area contributed by atoms with Crippen molar-refractivity contribution in [2.45, 2.75) is 42.6 Å². The SMILES string of the molecule is CCCCCC(=O)N[C@H](NC(=S)Nc1cc(Cl)ccc1Cl)C(Cl)(Cl)Cl. The Kier molecular flexibility index (Phi) is 9.93. The van der Waals surface area contributed by atoms with E-state index < -0.39 is 9.96 Å². The molecule has 1 aromatic rings. The number of alkyl halides is 3. The second kappa shape index (κ2) is 10.9. The molecular formula is C15H18Cl5N3OS. The molecule has 0 heterocycles. The van der Waals surface area contributed by atoms with E-state index >= 15 is 0 Å². The summed E-state index contributed by atoms with van der Waals surface area (Å²) in [5.41, 5.74) is 0.490. The van der Waals surface area contributed by atoms with E-state index in [1.807, 2.05) is 0 Å². The van der Waals surface area contributed by atoms with Crippen molar-refractivity contribution >= 4 is 86.9 Å². The summed E-state index contributed by atoms with van der Waals surface area (Å²) in [7, 11) is 0. The third-order valence-electron chi connectivity index (χ3n) is 3.09. The molecule has 0 aliphatic carbocycles. The van der Waals surface area contributed by atoms with E-state index in [0.29, 0.717) is 22.2 Å². The number of unbranched alkanes of at least 4 members (excludes halogenated alkanes) is 2. The number of hydrogen-bond acceptors (Lipinski definition) is 2. The van der Waals surface area contributed by atoms with Crippen LogP contribution >= 0.6 is 70.2 Å². The summed E-state index contributed by atoms with van der Waals surface area (Å²) in [5, 5.41) is 9.27. The second-order valence-corrected chi connectivity index (χ2v) is 8.84. The van der Waals surface area contributed by atoms with Crippen LogP contribution < -0.4 is 16.0 Å². The lowest BCUT2D eigenvalue weighted by Gasteiger charge is -2.28. The van der Waals surface area contributed by atoms with E-state index in [1.54, 1.807) is 18.2 Å². The molecule has 0 bridgehead atoms. The molecule has 0 aliphatic heterocycles. The van der Waals surface area contributed by atoms with Crippen molar-refractivity contribution in [1.29, 1.82) is 0 Å². The van der Waals surface area contributed by atoms with Gasteiger partial charge in [-0.15, -0.1) is 0 Å². The Bertz CT molecular complexity index is 609. The van der Waals surface area contributed by atoms with Crippen LogP contribution in [0.4, 0.5) is 5.69 Å². The molecule has 1 rings (SSSR count). The fourth-order valence-electron chi connectivity index (χ4n) is 1.85. The number of benzene rings is 1. The molecule has 0 aromatic heterocycles. The summed E-state index contributed by atoms with van der Waals surface area (Å²) in [6.07, 6.45) is 2.05. The van der Waals surface area contributed by atoms with Crippen molar-refractivity contribution in [3.8, 4) is 0 Å². The van der Waals surface area contributed by atoms with Crippen LogP contribution in [0.15, 0.2) is 18.2 Å². The zero-order chi connectivity index (χ0) is 19.0. The lowest BCUT2D eigenvalue weighted by Crippen LogP contribution is -2.56. The second-order valence-electron chi connectivity index (χ2n) is 5.22. The highest BCUT2D eigenvalue weighted by molar-refractivity contribution is 7.80. The Hall–Kier alpha value is -0.170. The van der Waals surface area contributed by atoms with Gasteiger partial charge < -0.3 is 16.0 Å². The summed E-state index contributed by atoms with van der Waals surface area (Å²) in [6, 6.07) is 4.87. The molecule has 0 unspecified atom stereocenters. The lowest BCUT2D eigenvalue weighted by molar-refractivity contribution is -0.122. The van der Waals surface area contributed by atoms with Crippen molar-refractivity contribution in [3.63, 3.8) is 0 Å². The lowest BCUT2D eigenvalue weighted by atomic mass is 10.2. The van der Waals surface area contributed by atoms with Gasteiger partial charge in [0.1, 0.15) is 6.17 Å². The molecule has 10 heteroatoms. The minimum Gasteiger partial charge on any atom is -0.339 e. The minimum atomic E-state index is -1.80. The summed E-state index contributed by atoms with van der Waals surface area (Å²) < 4.78 is -1.80. The zero-order valence-electron chi connectivity index (χ0n) is 13.3. The largest absolute Gasteiger partial charge is 0.339 e. The van der Waals surface area contributed by atoms with Crippen LogP contribution in [-0.2, 0) is 4.79 Å². The maximum absolute atomic E-state index is 12.0. The Morgan fingerprint density at radius 3 is 2.48 bits per heavy atom. The highest BCUT2D eigenvalue weighted by Crippen LogP contribution is 2.30. The van der Waals surface area contributed by atoms with Crippen molar-refractivity contribution < 1.29 is 4.79 Å². The number of halogens is 5. The molecule has 140 valence electrons. The summed E-state index contributed by atoms with van der Waals surface area (Å²) in [5.74, 6) is -0.235. The average molecular weight is 466 g/mol. The Balaban J connectivity index is 2.70. The Morgan fingerprint density at radius 2 is 1.88 bits per heavy atom. The third kappa shape index (κ3) is 8.85. The predicted octanol–water partition coefficient (Wildman–Crippen LogP) is 5.67. The van der Waals surface area contributed by atoms with Crippen LogP contribution in [0.2, 0.25) is 10.0 Å². The Labute approximate surface area is 177 Å². The van der Waals surface area contributed by atoms with Gasteiger partial charge >= 0.3 is 0 Å². The number of carbonyl (C=O) groups is 1. The first-order valence-electron chi connectivity index (χ1n) is 7.52. The summed E-state index contributed by atoms with van der Waals surface area (Å²) in [4.78, 5) is 12.0. The first-order chi connectivity index (χ1) is 11.6. The first kappa shape index (κ1) is 22.9. The highest BCUT2D eigenvalue weighted by Gasteiger charge is 2.34. The summed E-state index contributed by atoms with van der Waals surface area (Å²) >= 11 is 35.0. The standard InChI is InChI=1S/C15H18Cl5N3OS/c1-2-3-4-5-12(24)22-13(15(18,19)20)23-14(25)21-11-8-9(16)6-7-10(11)17/h6-8,13H,2-5H2,1H3,(H,22,24)(H2,21,23,25)/t13-/m1/s1. The van der Waals surface area contributed by atoms with E-state index in [1.165, 1.54) is 0 Å². The molecule has 0 saturated heterocycles. The molecule has 1 aromatic carbocycles. The third-order valence-corrected chi connectivity index (χ3v) is 4.53. The maximum atomic E-state index is 12.0. The maximum Gasteiger partial charge on any atom is 0.228 e. The normalized spacial score (nSPS) is 12.4. The number of anilines is 1. The van der Waals surface area contributed by atoms with Crippen LogP contribution in [0.5, 0.6) is 0 Å². The van der Waals surface area contributed by atoms with Gasteiger partial charge in [-0.3, -0.25) is 4.79 Å². The highest BCUT2D eigenvalue weighted by atomic mass is 35.6. The van der Waals surface area contributed by atoms with Crippen LogP contribution in [0.1, 0.15) is 32.6 Å². The zero-order valence-corrected chi connectivity index (χ0v) is 17.9. The van der Waals surface area contributed by atoms with E-state index in [9.17, 15) is 4.79 Å². The van der Waals surface area contributed by atoms with E-state index in [0.717, 1.165) is 19.3 Å². The van der Waals surface area contributed by atoms with Crippen LogP contribution in [0.25, 0.3) is 0 Å². The van der Waals surface area contributed by atoms with Gasteiger partial charge in [-0.25, -0.2) is 0 Å². The van der Waals surface area contributed by atoms with Gasteiger partial charge in [-0.2, -0.15) is 0 Å². The van der Waals surface area contributed by atoms with E-state index in [4.69, 9.17) is 70.2 Å². The number of rotatable bonds is 7. The molecule has 0 fully saturated rings. The number of carbonyl (C=O) groups excluding carboxylic acids is 1. The topological polar surface area (TPSA) is 53.2 Å². The number of amides is 1. The molecule has 1 amide bonds. The van der Waals surface area contributed by atoms with Gasteiger partial charge in [0.25, 0.3) is 0 Å². The average Bonchev–Trinajstić information content (AvgIpc) is 2.49. The van der Waals surface area contributed by atoms with Crippen molar-refractivity contribution in [1.82, 2.24) is 10.6 Å². The van der Waals surface area contributed by atoms with Crippen molar-refractivity contribution in [3.05, 3.63) is 28.2 Å². The van der Waals surface area contributed by atoms with Crippen LogP contribution in [0.3, 0.4) is 0 Å². The molecule has 0 spiro atoms. The molecule has 0 radical (unpaired) electrons. The Morgan fingerprint density at radius 1 is 1.20 bits per heavy atom. The van der Waals surface area contributed by atoms with Gasteiger partial charge in [0.2, 0.25) is 9.70 Å². The van der Waals surface area contributed by atoms with E-state index in [-0.39, 0.29) is 11.0 Å². The number of nitrogens with one attached hydrogen (secondary N) is 3. The van der Waals surface area contributed by atoms with Gasteiger partial charge in [-0.05, 0) is 36.8 Å². The fourth-order valence-corrected chi connectivity index (χ4v) is 2.74. The molecule has 25 heavy (non-hydrogen) atoms. The van der Waals surface area contributed by atoms with Gasteiger partial charge in [0.05, 0.1) is 10.7 Å². The molecule has 4 nitrogen and oxygen atoms in total. The number of hydrogen-bond donors (Lipinski definition) is 3.